The first-order valence-electron chi connectivity index (χ1n) is 3.16. The lowest BCUT2D eigenvalue weighted by molar-refractivity contribution is 0.454. The summed E-state index contributed by atoms with van der Waals surface area (Å²) >= 11 is 2.85. The third kappa shape index (κ3) is 3.07. The van der Waals surface area contributed by atoms with Crippen LogP contribution in [0.3, 0.4) is 0 Å². The summed E-state index contributed by atoms with van der Waals surface area (Å²) in [5.41, 5.74) is 0. The van der Waals surface area contributed by atoms with Gasteiger partial charge in [0.15, 0.2) is 4.34 Å². The maximum Gasteiger partial charge on any atom is 0.222 e. The van der Waals surface area contributed by atoms with Crippen LogP contribution in [0.4, 0.5) is 4.39 Å². The number of rotatable bonds is 4. The van der Waals surface area contributed by atoms with E-state index in [4.69, 9.17) is 5.11 Å². The van der Waals surface area contributed by atoms with E-state index in [1.165, 1.54) is 23.1 Å². The predicted molar refractivity (Wildman–Crippen MR) is 45.1 cm³/mol. The van der Waals surface area contributed by atoms with Crippen molar-refractivity contribution in [1.82, 2.24) is 4.98 Å². The van der Waals surface area contributed by atoms with Gasteiger partial charge in [0, 0.05) is 5.75 Å². The Morgan fingerprint density at radius 2 is 2.55 bits per heavy atom. The van der Waals surface area contributed by atoms with Gasteiger partial charge in [-0.3, -0.25) is 4.39 Å². The minimum Gasteiger partial charge on any atom is -0.493 e. The summed E-state index contributed by atoms with van der Waals surface area (Å²) in [6, 6.07) is 0. The van der Waals surface area contributed by atoms with Gasteiger partial charge in [0.25, 0.3) is 0 Å². The fourth-order valence-electron chi connectivity index (χ4n) is 0.530. The number of hydrogen-bond donors (Lipinski definition) is 1. The molecule has 0 spiro atoms. The van der Waals surface area contributed by atoms with Crippen molar-refractivity contribution in [2.24, 2.45) is 0 Å². The number of alkyl halides is 1. The topological polar surface area (TPSA) is 33.1 Å². The Balaban J connectivity index is 2.27. The van der Waals surface area contributed by atoms with E-state index in [0.717, 1.165) is 10.1 Å². The summed E-state index contributed by atoms with van der Waals surface area (Å²) in [6.07, 6.45) is 0.547. The van der Waals surface area contributed by atoms with Gasteiger partial charge in [-0.15, -0.1) is 11.3 Å². The van der Waals surface area contributed by atoms with E-state index >= 15 is 0 Å². The van der Waals surface area contributed by atoms with Crippen molar-refractivity contribution in [2.75, 3.05) is 12.4 Å². The van der Waals surface area contributed by atoms with Crippen molar-refractivity contribution in [3.8, 4) is 5.88 Å². The Kier molecular flexibility index (Phi) is 3.65. The van der Waals surface area contributed by atoms with Crippen LogP contribution in [0, 0.1) is 0 Å². The van der Waals surface area contributed by atoms with Crippen LogP contribution >= 0.6 is 23.1 Å². The fraction of sp³-hybridized carbons (Fsp3) is 0.500. The van der Waals surface area contributed by atoms with Crippen LogP contribution < -0.4 is 0 Å². The molecule has 0 radical (unpaired) electrons. The van der Waals surface area contributed by atoms with E-state index in [1.807, 2.05) is 0 Å². The number of halogens is 1. The molecule has 2 nitrogen and oxygen atoms in total. The summed E-state index contributed by atoms with van der Waals surface area (Å²) in [6.45, 7) is -0.287. The molecule has 0 aliphatic heterocycles. The van der Waals surface area contributed by atoms with Crippen LogP contribution in [-0.2, 0) is 0 Å². The van der Waals surface area contributed by atoms with Crippen LogP contribution in [0.1, 0.15) is 6.42 Å². The summed E-state index contributed by atoms with van der Waals surface area (Å²) < 4.78 is 12.4. The molecule has 11 heavy (non-hydrogen) atoms. The molecule has 1 rings (SSSR count). The predicted octanol–water partition coefficient (Wildman–Crippen LogP) is 2.30. The van der Waals surface area contributed by atoms with Gasteiger partial charge >= 0.3 is 0 Å². The summed E-state index contributed by atoms with van der Waals surface area (Å²) in [5.74, 6) is 0.779. The second-order valence-corrected chi connectivity index (χ2v) is 4.06. The molecule has 0 aliphatic carbocycles. The van der Waals surface area contributed by atoms with Crippen molar-refractivity contribution >= 4 is 23.1 Å². The maximum absolute atomic E-state index is 11.6. The van der Waals surface area contributed by atoms with E-state index in [1.54, 1.807) is 5.38 Å². The lowest BCUT2D eigenvalue weighted by atomic mass is 10.6. The summed E-state index contributed by atoms with van der Waals surface area (Å²) in [7, 11) is 0. The minimum atomic E-state index is -0.287. The molecule has 0 amide bonds. The van der Waals surface area contributed by atoms with E-state index in [2.05, 4.69) is 4.98 Å². The Morgan fingerprint density at radius 3 is 3.09 bits per heavy atom. The smallest absolute Gasteiger partial charge is 0.222 e. The van der Waals surface area contributed by atoms with Gasteiger partial charge in [-0.25, -0.2) is 0 Å². The van der Waals surface area contributed by atoms with E-state index in [9.17, 15) is 4.39 Å². The second-order valence-electron chi connectivity index (χ2n) is 1.86. The maximum atomic E-state index is 11.6. The van der Waals surface area contributed by atoms with Crippen molar-refractivity contribution in [3.63, 3.8) is 0 Å². The zero-order chi connectivity index (χ0) is 8.10. The molecule has 5 heteroatoms. The Hall–Kier alpha value is -0.290. The lowest BCUT2D eigenvalue weighted by Crippen LogP contribution is -1.80. The van der Waals surface area contributed by atoms with Gasteiger partial charge in [-0.1, -0.05) is 11.8 Å². The van der Waals surface area contributed by atoms with Crippen molar-refractivity contribution < 1.29 is 9.50 Å². The fourth-order valence-corrected chi connectivity index (χ4v) is 2.19. The number of thiazole rings is 1. The van der Waals surface area contributed by atoms with Crippen LogP contribution in [0.15, 0.2) is 9.72 Å². The minimum absolute atomic E-state index is 0.0535. The average molecular weight is 193 g/mol. The standard InChI is InChI=1S/C6H8FNOS2/c7-2-1-3-10-6-8-5(9)4-11-6/h4,9H,1-3H2. The van der Waals surface area contributed by atoms with Gasteiger partial charge in [-0.05, 0) is 6.42 Å². The van der Waals surface area contributed by atoms with Crippen LogP contribution in [0.25, 0.3) is 0 Å². The second kappa shape index (κ2) is 4.56. The zero-order valence-corrected chi connectivity index (χ0v) is 7.42. The molecule has 1 aromatic rings. The molecule has 0 aromatic carbocycles. The quantitative estimate of drug-likeness (QED) is 0.588. The molecular formula is C6H8FNOS2. The molecule has 1 heterocycles. The first-order valence-corrected chi connectivity index (χ1v) is 5.02. The summed E-state index contributed by atoms with van der Waals surface area (Å²) in [5, 5.41) is 10.4. The number of aromatic nitrogens is 1. The molecule has 0 saturated carbocycles. The van der Waals surface area contributed by atoms with Crippen molar-refractivity contribution in [1.29, 1.82) is 0 Å². The molecule has 0 aliphatic rings. The van der Waals surface area contributed by atoms with Gasteiger partial charge in [0.05, 0.1) is 12.1 Å². The third-order valence-electron chi connectivity index (χ3n) is 0.974. The Morgan fingerprint density at radius 1 is 1.73 bits per heavy atom. The Bertz CT molecular complexity index is 216. The largest absolute Gasteiger partial charge is 0.493 e. The zero-order valence-electron chi connectivity index (χ0n) is 5.79. The molecule has 0 unspecified atom stereocenters. The molecule has 0 fully saturated rings. The Labute approximate surface area is 72.5 Å². The van der Waals surface area contributed by atoms with Gasteiger partial charge in [-0.2, -0.15) is 4.98 Å². The van der Waals surface area contributed by atoms with E-state index in [0.29, 0.717) is 6.42 Å². The summed E-state index contributed by atoms with van der Waals surface area (Å²) in [4.78, 5) is 3.80. The number of aromatic hydroxyl groups is 1. The molecular weight excluding hydrogens is 185 g/mol. The van der Waals surface area contributed by atoms with Crippen LogP contribution in [-0.4, -0.2) is 22.5 Å². The number of nitrogens with zero attached hydrogens (tertiary/aromatic N) is 1. The SMILES string of the molecule is Oc1csc(SCCCF)n1. The average Bonchev–Trinajstić information content (AvgIpc) is 2.37. The number of hydrogen-bond acceptors (Lipinski definition) is 4. The molecule has 0 atom stereocenters. The van der Waals surface area contributed by atoms with Gasteiger partial charge in [0.1, 0.15) is 0 Å². The van der Waals surface area contributed by atoms with Gasteiger partial charge < -0.3 is 5.11 Å². The molecule has 1 N–H and O–H groups in total. The van der Waals surface area contributed by atoms with Crippen molar-refractivity contribution in [2.45, 2.75) is 10.8 Å². The first kappa shape index (κ1) is 8.80. The number of thioether (sulfide) groups is 1. The normalized spacial score (nSPS) is 10.3. The highest BCUT2D eigenvalue weighted by molar-refractivity contribution is 8.01. The highest BCUT2D eigenvalue weighted by Gasteiger charge is 1.99. The molecule has 0 bridgehead atoms. The first-order chi connectivity index (χ1) is 5.33. The molecule has 1 aromatic heterocycles. The van der Waals surface area contributed by atoms with Gasteiger partial charge in [0.2, 0.25) is 5.88 Å². The highest BCUT2D eigenvalue weighted by atomic mass is 32.2. The van der Waals surface area contributed by atoms with E-state index in [-0.39, 0.29) is 12.6 Å². The molecule has 0 saturated heterocycles. The van der Waals surface area contributed by atoms with Crippen LogP contribution in [0.2, 0.25) is 0 Å². The van der Waals surface area contributed by atoms with E-state index < -0.39 is 0 Å². The lowest BCUT2D eigenvalue weighted by Gasteiger charge is -1.91. The van der Waals surface area contributed by atoms with Crippen LogP contribution in [0.5, 0.6) is 5.88 Å². The monoisotopic (exact) mass is 193 g/mol. The highest BCUT2D eigenvalue weighted by Crippen LogP contribution is 2.25. The molecule has 62 valence electrons. The third-order valence-corrected chi connectivity index (χ3v) is 3.07. The van der Waals surface area contributed by atoms with Crippen molar-refractivity contribution in [3.05, 3.63) is 5.38 Å².